The molecule has 2 heterocycles. The summed E-state index contributed by atoms with van der Waals surface area (Å²) in [6, 6.07) is 3.85. The van der Waals surface area contributed by atoms with Crippen molar-refractivity contribution >= 4 is 21.4 Å². The van der Waals surface area contributed by atoms with Gasteiger partial charge in [-0.15, -0.1) is 11.3 Å². The van der Waals surface area contributed by atoms with E-state index in [1.807, 2.05) is 0 Å². The molecule has 0 amide bonds. The van der Waals surface area contributed by atoms with Crippen LogP contribution in [0.5, 0.6) is 0 Å². The first-order valence-electron chi connectivity index (χ1n) is 5.45. The summed E-state index contributed by atoms with van der Waals surface area (Å²) in [5, 5.41) is 5.12. The predicted molar refractivity (Wildman–Crippen MR) is 65.1 cm³/mol. The minimum absolute atomic E-state index is 0.395. The molecule has 1 aliphatic heterocycles. The summed E-state index contributed by atoms with van der Waals surface area (Å²) in [6.07, 6.45) is 3.22. The molecule has 1 aromatic rings. The molecule has 16 heavy (non-hydrogen) atoms. The fourth-order valence-corrected chi connectivity index (χ4v) is 3.94. The lowest BCUT2D eigenvalue weighted by molar-refractivity contribution is 0.540. The Morgan fingerprint density at radius 2 is 2.44 bits per heavy atom. The van der Waals surface area contributed by atoms with Crippen LogP contribution >= 0.6 is 11.3 Å². The number of hydrogen-bond acceptors (Lipinski definition) is 4. The van der Waals surface area contributed by atoms with Crippen molar-refractivity contribution in [3.05, 3.63) is 17.5 Å². The summed E-state index contributed by atoms with van der Waals surface area (Å²) in [7, 11) is -3.27. The number of sulfonamides is 1. The van der Waals surface area contributed by atoms with Crippen LogP contribution in [-0.2, 0) is 10.0 Å². The molecule has 6 heteroatoms. The van der Waals surface area contributed by atoms with E-state index in [1.165, 1.54) is 17.8 Å². The zero-order chi connectivity index (χ0) is 11.4. The van der Waals surface area contributed by atoms with Gasteiger partial charge in [0.15, 0.2) is 0 Å². The van der Waals surface area contributed by atoms with Crippen molar-refractivity contribution in [1.29, 1.82) is 0 Å². The molecule has 1 aliphatic rings. The Bertz CT molecular complexity index is 408. The first-order valence-corrected chi connectivity index (χ1v) is 7.81. The van der Waals surface area contributed by atoms with Crippen molar-refractivity contribution in [3.63, 3.8) is 0 Å². The van der Waals surface area contributed by atoms with Crippen molar-refractivity contribution < 1.29 is 8.42 Å². The maximum Gasteiger partial charge on any atom is 0.250 e. The molecule has 0 saturated carbocycles. The van der Waals surface area contributed by atoms with Gasteiger partial charge in [0, 0.05) is 12.6 Å². The van der Waals surface area contributed by atoms with Crippen molar-refractivity contribution in [3.8, 4) is 0 Å². The van der Waals surface area contributed by atoms with Gasteiger partial charge in [0.1, 0.15) is 4.21 Å². The minimum atomic E-state index is -3.27. The second kappa shape index (κ2) is 5.27. The van der Waals surface area contributed by atoms with E-state index in [-0.39, 0.29) is 0 Å². The van der Waals surface area contributed by atoms with Gasteiger partial charge in [-0.05, 0) is 37.3 Å². The van der Waals surface area contributed by atoms with Gasteiger partial charge in [-0.1, -0.05) is 6.07 Å². The smallest absolute Gasteiger partial charge is 0.250 e. The summed E-state index contributed by atoms with van der Waals surface area (Å²) < 4.78 is 26.5. The van der Waals surface area contributed by atoms with E-state index in [0.29, 0.717) is 16.8 Å². The SMILES string of the molecule is O=S(=O)(NCCC1CCCN1)c1cccs1. The highest BCUT2D eigenvalue weighted by molar-refractivity contribution is 7.91. The van der Waals surface area contributed by atoms with E-state index in [1.54, 1.807) is 17.5 Å². The van der Waals surface area contributed by atoms with E-state index in [2.05, 4.69) is 10.0 Å². The molecule has 1 saturated heterocycles. The van der Waals surface area contributed by atoms with Gasteiger partial charge in [-0.3, -0.25) is 0 Å². The van der Waals surface area contributed by atoms with Crippen molar-refractivity contribution in [1.82, 2.24) is 10.0 Å². The van der Waals surface area contributed by atoms with Gasteiger partial charge in [-0.25, -0.2) is 13.1 Å². The number of nitrogens with one attached hydrogen (secondary N) is 2. The number of thiophene rings is 1. The van der Waals surface area contributed by atoms with Crippen LogP contribution in [0.3, 0.4) is 0 Å². The van der Waals surface area contributed by atoms with Gasteiger partial charge in [0.25, 0.3) is 0 Å². The van der Waals surface area contributed by atoms with E-state index >= 15 is 0 Å². The molecule has 1 aromatic heterocycles. The van der Waals surface area contributed by atoms with Crippen LogP contribution in [0.1, 0.15) is 19.3 Å². The van der Waals surface area contributed by atoms with Crippen LogP contribution in [0.4, 0.5) is 0 Å². The van der Waals surface area contributed by atoms with Crippen LogP contribution < -0.4 is 10.0 Å². The molecule has 1 atom stereocenters. The lowest BCUT2D eigenvalue weighted by Gasteiger charge is -2.10. The van der Waals surface area contributed by atoms with Crippen molar-refractivity contribution in [2.45, 2.75) is 29.5 Å². The Labute approximate surface area is 100 Å². The van der Waals surface area contributed by atoms with Crippen LogP contribution in [0.15, 0.2) is 21.7 Å². The standard InChI is InChI=1S/C10H16N2O2S2/c13-16(14,10-4-2-8-15-10)12-7-5-9-3-1-6-11-9/h2,4,8-9,11-12H,1,3,5-7H2. The van der Waals surface area contributed by atoms with Crippen molar-refractivity contribution in [2.24, 2.45) is 0 Å². The lowest BCUT2D eigenvalue weighted by Crippen LogP contribution is -2.30. The maximum absolute atomic E-state index is 11.7. The molecule has 2 rings (SSSR count). The van der Waals surface area contributed by atoms with Gasteiger partial charge in [0.2, 0.25) is 10.0 Å². The normalized spacial score (nSPS) is 21.4. The second-order valence-electron chi connectivity index (χ2n) is 3.91. The van der Waals surface area contributed by atoms with Crippen LogP contribution in [0, 0.1) is 0 Å². The first kappa shape index (κ1) is 12.0. The molecule has 1 unspecified atom stereocenters. The minimum Gasteiger partial charge on any atom is -0.314 e. The third-order valence-electron chi connectivity index (χ3n) is 2.71. The van der Waals surface area contributed by atoms with E-state index in [9.17, 15) is 8.42 Å². The summed E-state index contributed by atoms with van der Waals surface area (Å²) >= 11 is 1.25. The first-order chi connectivity index (χ1) is 7.68. The Morgan fingerprint density at radius 3 is 3.06 bits per heavy atom. The highest BCUT2D eigenvalue weighted by Crippen LogP contribution is 2.15. The monoisotopic (exact) mass is 260 g/mol. The molecule has 0 spiro atoms. The molecule has 0 bridgehead atoms. The molecule has 0 aromatic carbocycles. The van der Waals surface area contributed by atoms with Gasteiger partial charge in [-0.2, -0.15) is 0 Å². The van der Waals surface area contributed by atoms with Crippen molar-refractivity contribution in [2.75, 3.05) is 13.1 Å². The van der Waals surface area contributed by atoms with Gasteiger partial charge < -0.3 is 5.32 Å². The Hall–Kier alpha value is -0.430. The molecular weight excluding hydrogens is 244 g/mol. The summed E-state index contributed by atoms with van der Waals surface area (Å²) in [4.78, 5) is 0. The lowest BCUT2D eigenvalue weighted by atomic mass is 10.2. The van der Waals surface area contributed by atoms with E-state index in [4.69, 9.17) is 0 Å². The zero-order valence-electron chi connectivity index (χ0n) is 8.98. The quantitative estimate of drug-likeness (QED) is 0.835. The average Bonchev–Trinajstić information content (AvgIpc) is 2.90. The summed E-state index contributed by atoms with van der Waals surface area (Å²) in [5.74, 6) is 0. The average molecular weight is 260 g/mol. The summed E-state index contributed by atoms with van der Waals surface area (Å²) in [6.45, 7) is 1.57. The fraction of sp³-hybridized carbons (Fsp3) is 0.600. The van der Waals surface area contributed by atoms with E-state index in [0.717, 1.165) is 19.4 Å². The largest absolute Gasteiger partial charge is 0.314 e. The summed E-state index contributed by atoms with van der Waals surface area (Å²) in [5.41, 5.74) is 0. The zero-order valence-corrected chi connectivity index (χ0v) is 10.6. The van der Waals surface area contributed by atoms with Gasteiger partial charge in [0.05, 0.1) is 0 Å². The third kappa shape index (κ3) is 3.04. The fourth-order valence-electron chi connectivity index (χ4n) is 1.86. The number of hydrogen-bond donors (Lipinski definition) is 2. The number of rotatable bonds is 5. The molecule has 1 fully saturated rings. The van der Waals surface area contributed by atoms with Gasteiger partial charge >= 0.3 is 0 Å². The second-order valence-corrected chi connectivity index (χ2v) is 6.85. The topological polar surface area (TPSA) is 58.2 Å². The Kier molecular flexibility index (Phi) is 3.96. The van der Waals surface area contributed by atoms with Crippen LogP contribution in [0.25, 0.3) is 0 Å². The van der Waals surface area contributed by atoms with E-state index < -0.39 is 10.0 Å². The molecule has 0 radical (unpaired) electrons. The predicted octanol–water partition coefficient (Wildman–Crippen LogP) is 1.17. The maximum atomic E-state index is 11.7. The molecule has 4 nitrogen and oxygen atoms in total. The third-order valence-corrected chi connectivity index (χ3v) is 5.57. The highest BCUT2D eigenvalue weighted by Gasteiger charge is 2.17. The highest BCUT2D eigenvalue weighted by atomic mass is 32.2. The van der Waals surface area contributed by atoms with Crippen LogP contribution in [0.2, 0.25) is 0 Å². The molecule has 2 N–H and O–H groups in total. The molecule has 0 aliphatic carbocycles. The van der Waals surface area contributed by atoms with Crippen LogP contribution in [-0.4, -0.2) is 27.5 Å². The Morgan fingerprint density at radius 1 is 1.56 bits per heavy atom. The molecular formula is C10H16N2O2S2. The Balaban J connectivity index is 1.81. The molecule has 90 valence electrons.